The second-order valence-corrected chi connectivity index (χ2v) is 6.59. The summed E-state index contributed by atoms with van der Waals surface area (Å²) in [6.07, 6.45) is -2.35. The molecule has 0 spiro atoms. The third-order valence-electron chi connectivity index (χ3n) is 3.68. The largest absolute Gasteiger partial charge is 0.438 e. The quantitative estimate of drug-likeness (QED) is 0.314. The Morgan fingerprint density at radius 3 is 2.38 bits per heavy atom. The number of alkyl halides is 3. The second-order valence-electron chi connectivity index (χ2n) is 5.78. The van der Waals surface area contributed by atoms with Crippen LogP contribution in [-0.4, -0.2) is 11.2 Å². The zero-order chi connectivity index (χ0) is 20.9. The molecule has 0 radical (unpaired) electrons. The number of halogens is 5. The van der Waals surface area contributed by atoms with Crippen LogP contribution in [0.25, 0.3) is 0 Å². The highest BCUT2D eigenvalue weighted by Gasteiger charge is 2.31. The van der Waals surface area contributed by atoms with Crippen LogP contribution in [0, 0.1) is 0 Å². The van der Waals surface area contributed by atoms with Gasteiger partial charge in [-0.3, -0.25) is 0 Å². The van der Waals surface area contributed by atoms with Crippen molar-refractivity contribution in [2.75, 3.05) is 0 Å². The average molecular weight is 441 g/mol. The number of pyridine rings is 1. The predicted molar refractivity (Wildman–Crippen MR) is 105 cm³/mol. The van der Waals surface area contributed by atoms with Gasteiger partial charge in [0.15, 0.2) is 0 Å². The molecule has 0 atom stereocenters. The lowest BCUT2D eigenvalue weighted by atomic mass is 10.2. The Hall–Kier alpha value is -2.77. The molecule has 2 aromatic carbocycles. The van der Waals surface area contributed by atoms with Gasteiger partial charge in [-0.05, 0) is 42.0 Å². The topological polar surface area (TPSA) is 43.7 Å². The highest BCUT2D eigenvalue weighted by atomic mass is 35.5. The van der Waals surface area contributed by atoms with Gasteiger partial charge in [0.1, 0.15) is 17.4 Å². The standard InChI is InChI=1S/C20H13Cl2F3N2O2/c21-17-4-2-1-3-14(17)12-28-27-10-13-5-7-16(8-6-13)29-19-18(22)9-15(11-26-19)20(23,24)25/h1-11H,12H2/b27-10-. The van der Waals surface area contributed by atoms with Crippen molar-refractivity contribution in [3.63, 3.8) is 0 Å². The van der Waals surface area contributed by atoms with Crippen LogP contribution in [0.15, 0.2) is 65.9 Å². The number of nitrogens with zero attached hydrogens (tertiary/aromatic N) is 2. The Kier molecular flexibility index (Phi) is 6.61. The second kappa shape index (κ2) is 9.15. The molecule has 0 bridgehead atoms. The molecule has 1 heterocycles. The fourth-order valence-electron chi connectivity index (χ4n) is 2.21. The smallest absolute Gasteiger partial charge is 0.417 e. The molecule has 0 aliphatic carbocycles. The molecule has 150 valence electrons. The van der Waals surface area contributed by atoms with Crippen molar-refractivity contribution in [3.8, 4) is 11.6 Å². The molecule has 0 saturated heterocycles. The molecule has 0 aliphatic heterocycles. The summed E-state index contributed by atoms with van der Waals surface area (Å²) in [5.74, 6) is 0.234. The monoisotopic (exact) mass is 440 g/mol. The lowest BCUT2D eigenvalue weighted by Gasteiger charge is -2.10. The minimum Gasteiger partial charge on any atom is -0.438 e. The van der Waals surface area contributed by atoms with Gasteiger partial charge in [-0.2, -0.15) is 13.2 Å². The molecule has 9 heteroatoms. The summed E-state index contributed by atoms with van der Waals surface area (Å²) in [5, 5.41) is 4.23. The van der Waals surface area contributed by atoms with Gasteiger partial charge in [0.05, 0.1) is 11.8 Å². The van der Waals surface area contributed by atoms with Crippen molar-refractivity contribution in [2.24, 2.45) is 5.16 Å². The van der Waals surface area contributed by atoms with Gasteiger partial charge in [0.2, 0.25) is 5.88 Å². The number of ether oxygens (including phenoxy) is 1. The van der Waals surface area contributed by atoms with E-state index in [4.69, 9.17) is 32.8 Å². The molecule has 0 saturated carbocycles. The van der Waals surface area contributed by atoms with Crippen molar-refractivity contribution in [1.29, 1.82) is 0 Å². The molecular weight excluding hydrogens is 428 g/mol. The molecule has 0 N–H and O–H groups in total. The third-order valence-corrected chi connectivity index (χ3v) is 4.32. The fraction of sp³-hybridized carbons (Fsp3) is 0.100. The van der Waals surface area contributed by atoms with Crippen molar-refractivity contribution in [2.45, 2.75) is 12.8 Å². The van der Waals surface area contributed by atoms with Crippen LogP contribution < -0.4 is 4.74 Å². The van der Waals surface area contributed by atoms with Crippen molar-refractivity contribution >= 4 is 29.4 Å². The number of hydrogen-bond donors (Lipinski definition) is 0. The molecule has 0 unspecified atom stereocenters. The Morgan fingerprint density at radius 1 is 1.00 bits per heavy atom. The molecule has 0 amide bonds. The summed E-state index contributed by atoms with van der Waals surface area (Å²) >= 11 is 11.9. The normalized spacial score (nSPS) is 11.6. The van der Waals surface area contributed by atoms with Crippen LogP contribution in [-0.2, 0) is 17.6 Å². The van der Waals surface area contributed by atoms with Crippen LogP contribution in [0.1, 0.15) is 16.7 Å². The minimum absolute atomic E-state index is 0.121. The van der Waals surface area contributed by atoms with E-state index >= 15 is 0 Å². The lowest BCUT2D eigenvalue weighted by Crippen LogP contribution is -2.05. The molecular formula is C20H13Cl2F3N2O2. The molecule has 1 aromatic heterocycles. The summed E-state index contributed by atoms with van der Waals surface area (Å²) < 4.78 is 43.4. The van der Waals surface area contributed by atoms with Gasteiger partial charge in [-0.15, -0.1) is 0 Å². The van der Waals surface area contributed by atoms with Crippen LogP contribution in [0.3, 0.4) is 0 Å². The van der Waals surface area contributed by atoms with Crippen LogP contribution in [0.4, 0.5) is 13.2 Å². The maximum atomic E-state index is 12.6. The summed E-state index contributed by atoms with van der Waals surface area (Å²) in [4.78, 5) is 8.85. The van der Waals surface area contributed by atoms with Crippen molar-refractivity contribution in [1.82, 2.24) is 4.98 Å². The first-order valence-corrected chi connectivity index (χ1v) is 8.98. The zero-order valence-electron chi connectivity index (χ0n) is 14.7. The molecule has 0 aliphatic rings. The van der Waals surface area contributed by atoms with E-state index in [2.05, 4.69) is 10.1 Å². The van der Waals surface area contributed by atoms with Gasteiger partial charge in [0.25, 0.3) is 0 Å². The van der Waals surface area contributed by atoms with E-state index in [0.717, 1.165) is 17.2 Å². The Labute approximate surface area is 174 Å². The lowest BCUT2D eigenvalue weighted by molar-refractivity contribution is -0.137. The SMILES string of the molecule is FC(F)(F)c1cnc(Oc2ccc(/C=N\OCc3ccccc3Cl)cc2)c(Cl)c1. The van der Waals surface area contributed by atoms with Crippen LogP contribution >= 0.6 is 23.2 Å². The van der Waals surface area contributed by atoms with Gasteiger partial charge in [-0.25, -0.2) is 4.98 Å². The predicted octanol–water partition coefficient (Wildman–Crippen LogP) is 6.75. The van der Waals surface area contributed by atoms with E-state index in [-0.39, 0.29) is 17.5 Å². The van der Waals surface area contributed by atoms with Crippen LogP contribution in [0.2, 0.25) is 10.0 Å². The first kappa shape index (κ1) is 21.0. The van der Waals surface area contributed by atoms with E-state index < -0.39 is 11.7 Å². The number of hydrogen-bond acceptors (Lipinski definition) is 4. The van der Waals surface area contributed by atoms with E-state index in [1.54, 1.807) is 30.3 Å². The molecule has 3 rings (SSSR count). The van der Waals surface area contributed by atoms with Crippen molar-refractivity contribution in [3.05, 3.63) is 87.5 Å². The van der Waals surface area contributed by atoms with E-state index in [9.17, 15) is 13.2 Å². The third kappa shape index (κ3) is 5.85. The number of oxime groups is 1. The van der Waals surface area contributed by atoms with E-state index in [1.165, 1.54) is 6.21 Å². The van der Waals surface area contributed by atoms with E-state index in [0.29, 0.717) is 17.0 Å². The van der Waals surface area contributed by atoms with Gasteiger partial charge in [0, 0.05) is 16.8 Å². The first-order chi connectivity index (χ1) is 13.8. The zero-order valence-corrected chi connectivity index (χ0v) is 16.2. The molecule has 4 nitrogen and oxygen atoms in total. The highest BCUT2D eigenvalue weighted by Crippen LogP contribution is 2.34. The molecule has 0 fully saturated rings. The summed E-state index contributed by atoms with van der Waals surface area (Å²) in [6.45, 7) is 0.232. The van der Waals surface area contributed by atoms with E-state index in [1.807, 2.05) is 18.2 Å². The van der Waals surface area contributed by atoms with Gasteiger partial charge in [-0.1, -0.05) is 46.6 Å². The summed E-state index contributed by atoms with van der Waals surface area (Å²) in [6, 6.07) is 14.6. The Bertz CT molecular complexity index is 1010. The maximum Gasteiger partial charge on any atom is 0.417 e. The number of aromatic nitrogens is 1. The fourth-order valence-corrected chi connectivity index (χ4v) is 2.60. The highest BCUT2D eigenvalue weighted by molar-refractivity contribution is 6.32. The van der Waals surface area contributed by atoms with Gasteiger partial charge < -0.3 is 9.57 Å². The summed E-state index contributed by atoms with van der Waals surface area (Å²) in [7, 11) is 0. The molecule has 29 heavy (non-hydrogen) atoms. The Balaban J connectivity index is 1.58. The number of rotatable bonds is 6. The molecule has 3 aromatic rings. The van der Waals surface area contributed by atoms with Crippen LogP contribution in [0.5, 0.6) is 11.6 Å². The van der Waals surface area contributed by atoms with Gasteiger partial charge >= 0.3 is 6.18 Å². The minimum atomic E-state index is -4.52. The Morgan fingerprint density at radius 2 is 1.72 bits per heavy atom. The van der Waals surface area contributed by atoms with Crippen molar-refractivity contribution < 1.29 is 22.7 Å². The summed E-state index contributed by atoms with van der Waals surface area (Å²) in [5.41, 5.74) is 0.595. The first-order valence-electron chi connectivity index (χ1n) is 8.22. The average Bonchev–Trinajstić information content (AvgIpc) is 2.68. The number of benzene rings is 2. The maximum absolute atomic E-state index is 12.6.